The molecule has 1 aromatic carbocycles. The van der Waals surface area contributed by atoms with Crippen LogP contribution in [-0.4, -0.2) is 76.9 Å². The fourth-order valence-corrected chi connectivity index (χ4v) is 5.07. The highest BCUT2D eigenvalue weighted by atomic mass is 19.3. The minimum absolute atomic E-state index is 0.246. The second kappa shape index (κ2) is 10.0. The maximum absolute atomic E-state index is 14.1. The number of rotatable bonds is 6. The SMILES string of the molecule is Cc1ccc2nc(C(F)F)n(-c3cc(N4CCOCC4)nc(N[C@H]4CC[C@H](N(C)C)CC4)n3)c2c1. The lowest BCUT2D eigenvalue weighted by Crippen LogP contribution is -2.38. The third kappa shape index (κ3) is 5.08. The normalized spacial score (nSPS) is 21.3. The number of fused-ring (bicyclic) bond motifs is 1. The predicted molar refractivity (Wildman–Crippen MR) is 133 cm³/mol. The number of hydrogen-bond acceptors (Lipinski definition) is 7. The van der Waals surface area contributed by atoms with Crippen LogP contribution in [0.15, 0.2) is 24.3 Å². The molecule has 2 aliphatic rings. The van der Waals surface area contributed by atoms with Crippen molar-refractivity contribution in [1.82, 2.24) is 24.4 Å². The molecular formula is C25H33F2N7O. The standard InChI is InChI=1S/C25H33F2N7O/c1-16-4-9-19-20(14-16)34(24(29-19)23(26)27)22-15-21(33-10-12-35-13-11-33)30-25(31-22)28-17-5-7-18(8-6-17)32(2)3/h4,9,14-15,17-18,23H,5-8,10-13H2,1-3H3,(H,28,30,31)/t17-,18-. The highest BCUT2D eigenvalue weighted by Crippen LogP contribution is 2.31. The Hall–Kier alpha value is -2.85. The van der Waals surface area contributed by atoms with Gasteiger partial charge in [-0.2, -0.15) is 9.97 Å². The van der Waals surface area contributed by atoms with Gasteiger partial charge in [-0.25, -0.2) is 13.8 Å². The smallest absolute Gasteiger partial charge is 0.296 e. The predicted octanol–water partition coefficient (Wildman–Crippen LogP) is 4.18. The molecule has 3 aromatic rings. The van der Waals surface area contributed by atoms with Crippen molar-refractivity contribution < 1.29 is 13.5 Å². The van der Waals surface area contributed by atoms with Gasteiger partial charge in [-0.15, -0.1) is 0 Å². The molecule has 35 heavy (non-hydrogen) atoms. The molecule has 10 heteroatoms. The largest absolute Gasteiger partial charge is 0.378 e. The van der Waals surface area contributed by atoms with Crippen LogP contribution in [0, 0.1) is 6.92 Å². The summed E-state index contributed by atoms with van der Waals surface area (Å²) < 4.78 is 35.2. The summed E-state index contributed by atoms with van der Waals surface area (Å²) in [5, 5.41) is 3.51. The van der Waals surface area contributed by atoms with E-state index in [0.29, 0.717) is 61.0 Å². The van der Waals surface area contributed by atoms with E-state index in [1.165, 1.54) is 4.57 Å². The van der Waals surface area contributed by atoms with E-state index in [9.17, 15) is 8.78 Å². The third-order valence-electron chi connectivity index (χ3n) is 7.05. The molecule has 1 saturated heterocycles. The quantitative estimate of drug-likeness (QED) is 0.562. The molecule has 0 atom stereocenters. The number of nitrogens with zero attached hydrogens (tertiary/aromatic N) is 6. The van der Waals surface area contributed by atoms with E-state index in [1.54, 1.807) is 12.1 Å². The van der Waals surface area contributed by atoms with Gasteiger partial charge in [0.25, 0.3) is 6.43 Å². The van der Waals surface area contributed by atoms with Gasteiger partial charge in [-0.05, 0) is 64.4 Å². The van der Waals surface area contributed by atoms with E-state index in [1.807, 2.05) is 19.1 Å². The number of hydrogen-bond donors (Lipinski definition) is 1. The Kier molecular flexibility index (Phi) is 6.84. The van der Waals surface area contributed by atoms with Crippen LogP contribution in [0.2, 0.25) is 0 Å². The molecule has 1 saturated carbocycles. The molecule has 0 bridgehead atoms. The van der Waals surface area contributed by atoms with Crippen molar-refractivity contribution in [3.63, 3.8) is 0 Å². The minimum atomic E-state index is -2.73. The highest BCUT2D eigenvalue weighted by molar-refractivity contribution is 5.79. The summed E-state index contributed by atoms with van der Waals surface area (Å²) in [6.45, 7) is 4.53. The van der Waals surface area contributed by atoms with E-state index >= 15 is 0 Å². The average molecular weight is 486 g/mol. The number of imidazole rings is 1. The summed E-state index contributed by atoms with van der Waals surface area (Å²) in [6, 6.07) is 8.15. The van der Waals surface area contributed by atoms with Crippen LogP contribution in [0.4, 0.5) is 20.5 Å². The van der Waals surface area contributed by atoms with Crippen molar-refractivity contribution in [2.75, 3.05) is 50.6 Å². The lowest BCUT2D eigenvalue weighted by Gasteiger charge is -2.33. The first kappa shape index (κ1) is 23.9. The number of aryl methyl sites for hydroxylation is 1. The fourth-order valence-electron chi connectivity index (χ4n) is 5.07. The van der Waals surface area contributed by atoms with Crippen molar-refractivity contribution in [3.8, 4) is 5.82 Å². The van der Waals surface area contributed by atoms with Gasteiger partial charge in [0.15, 0.2) is 5.82 Å². The summed E-state index contributed by atoms with van der Waals surface area (Å²) >= 11 is 0. The van der Waals surface area contributed by atoms with Gasteiger partial charge in [-0.1, -0.05) is 6.07 Å². The van der Waals surface area contributed by atoms with E-state index in [4.69, 9.17) is 14.7 Å². The van der Waals surface area contributed by atoms with Crippen LogP contribution < -0.4 is 10.2 Å². The Labute approximate surface area is 204 Å². The van der Waals surface area contributed by atoms with Crippen LogP contribution in [0.1, 0.15) is 43.5 Å². The van der Waals surface area contributed by atoms with Crippen LogP contribution in [0.25, 0.3) is 16.9 Å². The number of aromatic nitrogens is 4. The molecule has 5 rings (SSSR count). The van der Waals surface area contributed by atoms with Gasteiger partial charge in [-0.3, -0.25) is 4.57 Å². The first-order valence-electron chi connectivity index (χ1n) is 12.3. The molecule has 0 amide bonds. The van der Waals surface area contributed by atoms with Gasteiger partial charge in [0, 0.05) is 31.2 Å². The summed E-state index contributed by atoms with van der Waals surface area (Å²) in [5.74, 6) is 1.26. The topological polar surface area (TPSA) is 71.3 Å². The maximum atomic E-state index is 14.1. The number of ether oxygens (including phenoxy) is 1. The Morgan fingerprint density at radius 1 is 1.00 bits per heavy atom. The van der Waals surface area contributed by atoms with Crippen LogP contribution in [-0.2, 0) is 4.74 Å². The van der Waals surface area contributed by atoms with E-state index in [2.05, 4.69) is 34.2 Å². The molecule has 1 N–H and O–H groups in total. The molecule has 1 aliphatic heterocycles. The first-order chi connectivity index (χ1) is 16.9. The number of morpholine rings is 1. The third-order valence-corrected chi connectivity index (χ3v) is 7.05. The van der Waals surface area contributed by atoms with Gasteiger partial charge >= 0.3 is 0 Å². The van der Waals surface area contributed by atoms with E-state index in [0.717, 1.165) is 31.2 Å². The molecule has 0 unspecified atom stereocenters. The molecule has 8 nitrogen and oxygen atoms in total. The first-order valence-corrected chi connectivity index (χ1v) is 12.3. The lowest BCUT2D eigenvalue weighted by atomic mass is 9.91. The summed E-state index contributed by atoms with van der Waals surface area (Å²) in [4.78, 5) is 18.2. The number of benzene rings is 1. The zero-order valence-electron chi connectivity index (χ0n) is 20.5. The second-order valence-electron chi connectivity index (χ2n) is 9.72. The molecule has 3 heterocycles. The zero-order chi connectivity index (χ0) is 24.5. The number of anilines is 2. The van der Waals surface area contributed by atoms with Crippen molar-refractivity contribution in [1.29, 1.82) is 0 Å². The fraction of sp³-hybridized carbons (Fsp3) is 0.560. The van der Waals surface area contributed by atoms with Crippen LogP contribution in [0.5, 0.6) is 0 Å². The number of halogens is 2. The molecule has 0 radical (unpaired) electrons. The van der Waals surface area contributed by atoms with Gasteiger partial charge < -0.3 is 19.9 Å². The Bertz CT molecular complexity index is 1170. The summed E-state index contributed by atoms with van der Waals surface area (Å²) in [6.07, 6.45) is 1.49. The molecule has 0 spiro atoms. The molecule has 1 aliphatic carbocycles. The van der Waals surface area contributed by atoms with Crippen LogP contribution >= 0.6 is 0 Å². The molecule has 2 aromatic heterocycles. The summed E-state index contributed by atoms with van der Waals surface area (Å²) in [7, 11) is 4.24. The zero-order valence-corrected chi connectivity index (χ0v) is 20.5. The monoisotopic (exact) mass is 485 g/mol. The minimum Gasteiger partial charge on any atom is -0.378 e. The van der Waals surface area contributed by atoms with Crippen molar-refractivity contribution in [2.24, 2.45) is 0 Å². The van der Waals surface area contributed by atoms with Gasteiger partial charge in [0.1, 0.15) is 11.6 Å². The Morgan fingerprint density at radius 3 is 2.40 bits per heavy atom. The Morgan fingerprint density at radius 2 is 1.71 bits per heavy atom. The lowest BCUT2D eigenvalue weighted by molar-refractivity contribution is 0.122. The maximum Gasteiger partial charge on any atom is 0.296 e. The van der Waals surface area contributed by atoms with Crippen LogP contribution in [0.3, 0.4) is 0 Å². The van der Waals surface area contributed by atoms with E-state index < -0.39 is 6.43 Å². The van der Waals surface area contributed by atoms with Crippen molar-refractivity contribution in [2.45, 2.75) is 51.1 Å². The molecule has 188 valence electrons. The van der Waals surface area contributed by atoms with Crippen molar-refractivity contribution >= 4 is 22.8 Å². The van der Waals surface area contributed by atoms with Gasteiger partial charge in [0.05, 0.1) is 24.2 Å². The number of nitrogens with one attached hydrogen (secondary N) is 1. The van der Waals surface area contributed by atoms with Crippen molar-refractivity contribution in [3.05, 3.63) is 35.7 Å². The average Bonchev–Trinajstić information content (AvgIpc) is 3.24. The van der Waals surface area contributed by atoms with E-state index in [-0.39, 0.29) is 11.9 Å². The molecule has 2 fully saturated rings. The summed E-state index contributed by atoms with van der Waals surface area (Å²) in [5.41, 5.74) is 2.11. The highest BCUT2D eigenvalue weighted by Gasteiger charge is 2.26. The van der Waals surface area contributed by atoms with Gasteiger partial charge in [0.2, 0.25) is 5.95 Å². The molecular weight excluding hydrogens is 452 g/mol. The number of alkyl halides is 2. The Balaban J connectivity index is 1.55. The second-order valence-corrected chi connectivity index (χ2v) is 9.72.